The fourth-order valence-corrected chi connectivity index (χ4v) is 3.61. The normalized spacial score (nSPS) is 12.1. The van der Waals surface area contributed by atoms with Crippen molar-refractivity contribution < 1.29 is 12.8 Å². The quantitative estimate of drug-likeness (QED) is 0.808. The van der Waals surface area contributed by atoms with Gasteiger partial charge in [-0.3, -0.25) is 0 Å². The maximum absolute atomic E-state index is 12.0. The Bertz CT molecular complexity index is 742. The fourth-order valence-electron chi connectivity index (χ4n) is 1.35. The summed E-state index contributed by atoms with van der Waals surface area (Å²) in [6.07, 6.45) is 1.52. The number of oxazole rings is 1. The molecule has 4 nitrogen and oxygen atoms in total. The predicted molar refractivity (Wildman–Crippen MR) is 78.0 cm³/mol. The van der Waals surface area contributed by atoms with Crippen molar-refractivity contribution in [1.82, 2.24) is 3.97 Å². The highest BCUT2D eigenvalue weighted by Gasteiger charge is 2.09. The first-order chi connectivity index (χ1) is 9.00. The van der Waals surface area contributed by atoms with E-state index in [0.29, 0.717) is 4.84 Å². The summed E-state index contributed by atoms with van der Waals surface area (Å²) in [5.74, 6) is 0. The van der Waals surface area contributed by atoms with Gasteiger partial charge in [-0.05, 0) is 43.2 Å². The molecule has 0 radical (unpaired) electrons. The van der Waals surface area contributed by atoms with Crippen molar-refractivity contribution in [2.45, 2.75) is 11.8 Å². The van der Waals surface area contributed by atoms with Crippen LogP contribution in [0.5, 0.6) is 0 Å². The molecular weight excluding hydrogens is 302 g/mol. The lowest BCUT2D eigenvalue weighted by Gasteiger charge is -1.99. The van der Waals surface area contributed by atoms with Crippen LogP contribution in [-0.2, 0) is 9.84 Å². The van der Waals surface area contributed by atoms with Gasteiger partial charge in [-0.25, -0.2) is 12.4 Å². The molecule has 0 atom stereocenters. The molecule has 0 unspecified atom stereocenters. The second kappa shape index (κ2) is 5.77. The van der Waals surface area contributed by atoms with Gasteiger partial charge in [-0.2, -0.15) is 0 Å². The summed E-state index contributed by atoms with van der Waals surface area (Å²) in [7, 11) is -3.42. The van der Waals surface area contributed by atoms with Gasteiger partial charge < -0.3 is 4.42 Å². The molecule has 2 aromatic rings. The van der Waals surface area contributed by atoms with Crippen molar-refractivity contribution in [3.05, 3.63) is 57.9 Å². The summed E-state index contributed by atoms with van der Waals surface area (Å²) in [5.41, 5.74) is 0.816. The molecule has 0 bridgehead atoms. The van der Waals surface area contributed by atoms with Crippen molar-refractivity contribution in [3.8, 4) is 0 Å². The van der Waals surface area contributed by atoms with Crippen LogP contribution in [0.3, 0.4) is 0 Å². The summed E-state index contributed by atoms with van der Waals surface area (Å²) in [6, 6.07) is 8.25. The van der Waals surface area contributed by atoms with Gasteiger partial charge in [0.15, 0.2) is 9.84 Å². The molecule has 0 fully saturated rings. The third-order valence-corrected chi connectivity index (χ3v) is 5.20. The van der Waals surface area contributed by atoms with Crippen LogP contribution in [0.15, 0.2) is 56.7 Å². The van der Waals surface area contributed by atoms with E-state index in [0.717, 1.165) is 23.0 Å². The molecule has 0 saturated carbocycles. The van der Waals surface area contributed by atoms with Crippen molar-refractivity contribution >= 4 is 34.0 Å². The van der Waals surface area contributed by atoms with E-state index in [1.165, 1.54) is 11.7 Å². The van der Waals surface area contributed by atoms with Crippen molar-refractivity contribution in [2.24, 2.45) is 0 Å². The summed E-state index contributed by atoms with van der Waals surface area (Å²) in [6.45, 7) is 1.83. The molecule has 0 spiro atoms. The molecule has 0 saturated heterocycles. The first kappa shape index (κ1) is 14.1. The van der Waals surface area contributed by atoms with Gasteiger partial charge in [0.05, 0.1) is 10.6 Å². The number of sulfone groups is 1. The number of aryl methyl sites for hydroxylation is 1. The Balaban J connectivity index is 2.18. The Morgan fingerprint density at radius 1 is 1.32 bits per heavy atom. The van der Waals surface area contributed by atoms with E-state index in [1.54, 1.807) is 34.3 Å². The van der Waals surface area contributed by atoms with Crippen LogP contribution in [0.1, 0.15) is 5.69 Å². The molecule has 0 amide bonds. The molecule has 1 aromatic heterocycles. The summed E-state index contributed by atoms with van der Waals surface area (Å²) in [4.78, 5) is 0.559. The van der Waals surface area contributed by atoms with E-state index in [9.17, 15) is 8.42 Å². The number of rotatable bonds is 4. The highest BCUT2D eigenvalue weighted by Crippen LogP contribution is 2.17. The van der Waals surface area contributed by atoms with Crippen molar-refractivity contribution in [3.63, 3.8) is 0 Å². The molecule has 2 rings (SSSR count). The number of aromatic nitrogens is 1. The van der Waals surface area contributed by atoms with E-state index in [1.807, 2.05) is 6.92 Å². The molecular formula is C12H11NO3S3. The van der Waals surface area contributed by atoms with Gasteiger partial charge in [-0.15, -0.1) is 0 Å². The Kier molecular flexibility index (Phi) is 4.28. The third-order valence-electron chi connectivity index (χ3n) is 2.29. The molecule has 0 N–H and O–H groups in total. The van der Waals surface area contributed by atoms with E-state index in [4.69, 9.17) is 16.6 Å². The molecule has 7 heteroatoms. The number of hydrogen-bond acceptors (Lipinski definition) is 5. The van der Waals surface area contributed by atoms with E-state index in [2.05, 4.69) is 0 Å². The zero-order chi connectivity index (χ0) is 13.9. The Morgan fingerprint density at radius 2 is 2.00 bits per heavy atom. The van der Waals surface area contributed by atoms with Gasteiger partial charge in [0.1, 0.15) is 6.26 Å². The molecule has 100 valence electrons. The van der Waals surface area contributed by atoms with Crippen molar-refractivity contribution in [1.29, 1.82) is 0 Å². The molecule has 1 heterocycles. The lowest BCUT2D eigenvalue weighted by Crippen LogP contribution is -1.95. The van der Waals surface area contributed by atoms with Crippen molar-refractivity contribution in [2.75, 3.05) is 0 Å². The standard InChI is InChI=1S/C12H11NO3S3/c1-10-9-16-12(17)13(10)18-7-8-19(14,15)11-5-3-2-4-6-11/h2-9H,1H3/b8-7+. The second-order valence-corrected chi connectivity index (χ2v) is 6.70. The van der Waals surface area contributed by atoms with Crippen LogP contribution >= 0.6 is 24.2 Å². The van der Waals surface area contributed by atoms with Crippen LogP contribution in [0.2, 0.25) is 0 Å². The first-order valence-corrected chi connectivity index (χ1v) is 8.11. The molecule has 0 aliphatic carbocycles. The lowest BCUT2D eigenvalue weighted by molar-refractivity contribution is 0.537. The Labute approximate surface area is 120 Å². The average molecular weight is 313 g/mol. The van der Waals surface area contributed by atoms with Gasteiger partial charge in [0, 0.05) is 10.8 Å². The molecule has 1 aromatic carbocycles. The van der Waals surface area contributed by atoms with Gasteiger partial charge >= 0.3 is 0 Å². The van der Waals surface area contributed by atoms with Gasteiger partial charge in [-0.1, -0.05) is 18.2 Å². The monoisotopic (exact) mass is 313 g/mol. The largest absolute Gasteiger partial charge is 0.437 e. The number of hydrogen-bond donors (Lipinski definition) is 0. The van der Waals surface area contributed by atoms with Crippen LogP contribution in [0.4, 0.5) is 0 Å². The van der Waals surface area contributed by atoms with Crippen LogP contribution in [0.25, 0.3) is 0 Å². The maximum atomic E-state index is 12.0. The zero-order valence-electron chi connectivity index (χ0n) is 10.0. The zero-order valence-corrected chi connectivity index (χ0v) is 12.5. The summed E-state index contributed by atoms with van der Waals surface area (Å²) in [5, 5.41) is 2.63. The van der Waals surface area contributed by atoms with Crippen LogP contribution < -0.4 is 0 Å². The van der Waals surface area contributed by atoms with E-state index >= 15 is 0 Å². The number of benzene rings is 1. The minimum absolute atomic E-state index is 0.263. The molecule has 0 aliphatic heterocycles. The Hall–Kier alpha value is -1.31. The minimum atomic E-state index is -3.42. The summed E-state index contributed by atoms with van der Waals surface area (Å²) < 4.78 is 30.6. The fraction of sp³-hybridized carbons (Fsp3) is 0.0833. The first-order valence-electron chi connectivity index (χ1n) is 5.32. The predicted octanol–water partition coefficient (Wildman–Crippen LogP) is 3.56. The highest BCUT2D eigenvalue weighted by atomic mass is 32.2. The van der Waals surface area contributed by atoms with Gasteiger partial charge in [0.2, 0.25) is 0 Å². The molecule has 19 heavy (non-hydrogen) atoms. The average Bonchev–Trinajstić information content (AvgIpc) is 2.71. The summed E-state index contributed by atoms with van der Waals surface area (Å²) >= 11 is 6.13. The Morgan fingerprint density at radius 3 is 2.58 bits per heavy atom. The minimum Gasteiger partial charge on any atom is -0.437 e. The van der Waals surface area contributed by atoms with E-state index in [-0.39, 0.29) is 4.90 Å². The SMILES string of the molecule is Cc1coc(=S)n1S/C=C/S(=O)(=O)c1ccccc1. The number of nitrogens with zero attached hydrogens (tertiary/aromatic N) is 1. The smallest absolute Gasteiger partial charge is 0.279 e. The maximum Gasteiger partial charge on any atom is 0.279 e. The van der Waals surface area contributed by atoms with E-state index < -0.39 is 9.84 Å². The second-order valence-electron chi connectivity index (χ2n) is 3.67. The topological polar surface area (TPSA) is 52.2 Å². The van der Waals surface area contributed by atoms with Crippen LogP contribution in [-0.4, -0.2) is 12.4 Å². The molecule has 0 aliphatic rings. The highest BCUT2D eigenvalue weighted by molar-refractivity contribution is 8.02. The van der Waals surface area contributed by atoms with Crippen LogP contribution in [0, 0.1) is 11.8 Å². The lowest BCUT2D eigenvalue weighted by atomic mass is 10.4. The third kappa shape index (κ3) is 3.37. The van der Waals surface area contributed by atoms with Gasteiger partial charge in [0.25, 0.3) is 4.84 Å².